The van der Waals surface area contributed by atoms with E-state index in [2.05, 4.69) is 4.74 Å². The Morgan fingerprint density at radius 1 is 1.06 bits per heavy atom. The summed E-state index contributed by atoms with van der Waals surface area (Å²) in [5.74, 6) is 0.544. The van der Waals surface area contributed by atoms with Gasteiger partial charge in [0.1, 0.15) is 18.0 Å². The quantitative estimate of drug-likeness (QED) is 0.396. The average molecular weight is 500 g/mol. The third-order valence-corrected chi connectivity index (χ3v) is 5.00. The molecular weight excluding hydrogens is 474 g/mol. The van der Waals surface area contributed by atoms with Crippen LogP contribution < -0.4 is 4.74 Å². The van der Waals surface area contributed by atoms with E-state index in [1.807, 2.05) is 24.0 Å². The Kier molecular flexibility index (Phi) is 8.67. The van der Waals surface area contributed by atoms with Crippen molar-refractivity contribution in [3.63, 3.8) is 0 Å². The van der Waals surface area contributed by atoms with Gasteiger partial charge < -0.3 is 19.1 Å². The highest BCUT2D eigenvalue weighted by atomic mass is 19.4. The summed E-state index contributed by atoms with van der Waals surface area (Å²) in [6.07, 6.45) is -17.4. The molecule has 1 amide bonds. The van der Waals surface area contributed by atoms with E-state index in [0.717, 1.165) is 16.0 Å². The number of halogens is 6. The standard InChI is InChI=1S/C21H26F6N2O5/c1-14-4-5-15(16(10-14)32-12-19(2,3)33-13-30)11-28-6-8-29(9-7-28)18(31)34-17(20(22,23)24)21(25,26)27/h4-5,10,13,17H,6-9,11-12H2,1-3H3. The normalized spacial score (nSPS) is 15.9. The van der Waals surface area contributed by atoms with Crippen molar-refractivity contribution in [1.29, 1.82) is 0 Å². The van der Waals surface area contributed by atoms with Crippen molar-refractivity contribution in [3.8, 4) is 5.75 Å². The zero-order chi connectivity index (χ0) is 25.7. The van der Waals surface area contributed by atoms with E-state index in [0.29, 0.717) is 18.8 Å². The highest BCUT2D eigenvalue weighted by molar-refractivity contribution is 5.68. The second-order valence-electron chi connectivity index (χ2n) is 8.48. The molecule has 0 radical (unpaired) electrons. The number of aryl methyl sites for hydroxylation is 1. The minimum Gasteiger partial charge on any atom is -0.489 e. The highest BCUT2D eigenvalue weighted by Crippen LogP contribution is 2.36. The van der Waals surface area contributed by atoms with Gasteiger partial charge in [0.05, 0.1) is 0 Å². The van der Waals surface area contributed by atoms with Gasteiger partial charge in [0.15, 0.2) is 0 Å². The second kappa shape index (κ2) is 10.7. The molecule has 1 saturated heterocycles. The summed E-state index contributed by atoms with van der Waals surface area (Å²) in [5, 5.41) is 0. The van der Waals surface area contributed by atoms with E-state index in [9.17, 15) is 35.9 Å². The maximum Gasteiger partial charge on any atom is 0.434 e. The zero-order valence-corrected chi connectivity index (χ0v) is 18.8. The Hall–Kier alpha value is -2.70. The molecule has 7 nitrogen and oxygen atoms in total. The van der Waals surface area contributed by atoms with E-state index in [1.54, 1.807) is 19.9 Å². The van der Waals surface area contributed by atoms with Crippen molar-refractivity contribution in [3.05, 3.63) is 29.3 Å². The number of hydrogen-bond donors (Lipinski definition) is 0. The van der Waals surface area contributed by atoms with Crippen LogP contribution in [0.15, 0.2) is 18.2 Å². The molecule has 0 aromatic heterocycles. The van der Waals surface area contributed by atoms with E-state index >= 15 is 0 Å². The summed E-state index contributed by atoms with van der Waals surface area (Å²) in [6, 6.07) is 5.49. The molecule has 1 aliphatic rings. The number of piperazine rings is 1. The van der Waals surface area contributed by atoms with Gasteiger partial charge in [-0.2, -0.15) is 26.3 Å². The number of carbonyl (C=O) groups is 2. The molecule has 1 fully saturated rings. The topological polar surface area (TPSA) is 68.3 Å². The van der Waals surface area contributed by atoms with Crippen LogP contribution in [0.2, 0.25) is 0 Å². The van der Waals surface area contributed by atoms with E-state index in [4.69, 9.17) is 9.47 Å². The van der Waals surface area contributed by atoms with E-state index in [1.165, 1.54) is 0 Å². The first-order chi connectivity index (χ1) is 15.6. The number of nitrogens with zero attached hydrogens (tertiary/aromatic N) is 2. The van der Waals surface area contributed by atoms with Gasteiger partial charge >= 0.3 is 18.4 Å². The molecule has 192 valence electrons. The fourth-order valence-electron chi connectivity index (χ4n) is 3.17. The molecule has 1 aliphatic heterocycles. The zero-order valence-electron chi connectivity index (χ0n) is 18.8. The lowest BCUT2D eigenvalue weighted by Crippen LogP contribution is -2.52. The molecule has 0 atom stereocenters. The largest absolute Gasteiger partial charge is 0.489 e. The summed E-state index contributed by atoms with van der Waals surface area (Å²) >= 11 is 0. The SMILES string of the molecule is Cc1ccc(CN2CCN(C(=O)OC(C(F)(F)F)C(F)(F)F)CC2)c(OCC(C)(C)OC=O)c1. The molecule has 1 aromatic rings. The van der Waals surface area contributed by atoms with E-state index < -0.39 is 30.2 Å². The minimum atomic E-state index is -5.76. The molecule has 13 heteroatoms. The van der Waals surface area contributed by atoms with Crippen LogP contribution in [-0.2, 0) is 20.8 Å². The second-order valence-corrected chi connectivity index (χ2v) is 8.48. The highest BCUT2D eigenvalue weighted by Gasteiger charge is 2.60. The maximum absolute atomic E-state index is 12.6. The molecule has 2 rings (SSSR count). The fraction of sp³-hybridized carbons (Fsp3) is 0.619. The smallest absolute Gasteiger partial charge is 0.434 e. The number of carbonyl (C=O) groups excluding carboxylic acids is 2. The lowest BCUT2D eigenvalue weighted by atomic mass is 10.1. The maximum atomic E-state index is 12.6. The minimum absolute atomic E-state index is 0.0847. The first-order valence-electron chi connectivity index (χ1n) is 10.3. The molecule has 1 heterocycles. The summed E-state index contributed by atoms with van der Waals surface area (Å²) in [7, 11) is 0. The molecule has 0 saturated carbocycles. The summed E-state index contributed by atoms with van der Waals surface area (Å²) < 4.78 is 90.4. The predicted octanol–water partition coefficient (Wildman–Crippen LogP) is 4.07. The van der Waals surface area contributed by atoms with Gasteiger partial charge in [0.2, 0.25) is 0 Å². The summed E-state index contributed by atoms with van der Waals surface area (Å²) in [5.41, 5.74) is 0.835. The average Bonchev–Trinajstić information content (AvgIpc) is 2.71. The van der Waals surface area contributed by atoms with Crippen molar-refractivity contribution >= 4 is 12.6 Å². The van der Waals surface area contributed by atoms with Crippen LogP contribution >= 0.6 is 0 Å². The molecule has 1 aromatic carbocycles. The Morgan fingerprint density at radius 2 is 1.65 bits per heavy atom. The summed E-state index contributed by atoms with van der Waals surface area (Å²) in [4.78, 5) is 25.2. The Balaban J connectivity index is 1.98. The molecule has 0 aliphatic carbocycles. The van der Waals surface area contributed by atoms with Gasteiger partial charge in [0.25, 0.3) is 12.6 Å². The third kappa shape index (κ3) is 7.96. The monoisotopic (exact) mass is 500 g/mol. The van der Waals surface area contributed by atoms with Crippen LogP contribution in [0.1, 0.15) is 25.0 Å². The van der Waals surface area contributed by atoms with E-state index in [-0.39, 0.29) is 32.8 Å². The van der Waals surface area contributed by atoms with Gasteiger partial charge in [-0.05, 0) is 32.4 Å². The van der Waals surface area contributed by atoms with Crippen molar-refractivity contribution in [1.82, 2.24) is 9.80 Å². The molecule has 0 unspecified atom stereocenters. The Bertz CT molecular complexity index is 837. The lowest BCUT2D eigenvalue weighted by Gasteiger charge is -2.35. The molecule has 0 bridgehead atoms. The van der Waals surface area contributed by atoms with Crippen molar-refractivity contribution in [2.45, 2.75) is 51.4 Å². The van der Waals surface area contributed by atoms with Crippen LogP contribution in [-0.4, -0.2) is 79.2 Å². The van der Waals surface area contributed by atoms with Gasteiger partial charge in [-0.15, -0.1) is 0 Å². The number of hydrogen-bond acceptors (Lipinski definition) is 6. The lowest BCUT2D eigenvalue weighted by molar-refractivity contribution is -0.308. The van der Waals surface area contributed by atoms with Gasteiger partial charge in [-0.25, -0.2) is 4.79 Å². The number of benzene rings is 1. The van der Waals surface area contributed by atoms with Crippen LogP contribution in [0.5, 0.6) is 5.75 Å². The van der Waals surface area contributed by atoms with Crippen molar-refractivity contribution in [2.75, 3.05) is 32.8 Å². The summed E-state index contributed by atoms with van der Waals surface area (Å²) in [6.45, 7) is 6.18. The number of rotatable bonds is 8. The Morgan fingerprint density at radius 3 is 2.18 bits per heavy atom. The van der Waals surface area contributed by atoms with Crippen molar-refractivity contribution in [2.24, 2.45) is 0 Å². The van der Waals surface area contributed by atoms with Gasteiger partial charge in [0, 0.05) is 38.3 Å². The third-order valence-electron chi connectivity index (χ3n) is 5.00. The van der Waals surface area contributed by atoms with Crippen LogP contribution in [0.3, 0.4) is 0 Å². The molecule has 34 heavy (non-hydrogen) atoms. The van der Waals surface area contributed by atoms with Crippen LogP contribution in [0.25, 0.3) is 0 Å². The predicted molar refractivity (Wildman–Crippen MR) is 107 cm³/mol. The Labute approximate surface area is 192 Å². The molecule has 0 spiro atoms. The van der Waals surface area contributed by atoms with Crippen LogP contribution in [0, 0.1) is 6.92 Å². The molecular formula is C21H26F6N2O5. The number of amides is 1. The van der Waals surface area contributed by atoms with Gasteiger partial charge in [-0.1, -0.05) is 12.1 Å². The van der Waals surface area contributed by atoms with Gasteiger partial charge in [-0.3, -0.25) is 9.69 Å². The first-order valence-corrected chi connectivity index (χ1v) is 10.3. The fourth-order valence-corrected chi connectivity index (χ4v) is 3.17. The molecule has 0 N–H and O–H groups in total. The first kappa shape index (κ1) is 27.5. The number of alkyl halides is 6. The van der Waals surface area contributed by atoms with Crippen LogP contribution in [0.4, 0.5) is 31.1 Å². The number of ether oxygens (including phenoxy) is 3. The van der Waals surface area contributed by atoms with Crippen molar-refractivity contribution < 1.29 is 50.1 Å².